The molecular weight excluding hydrogens is 254 g/mol. The third-order valence-electron chi connectivity index (χ3n) is 2.45. The fraction of sp³-hybridized carbons (Fsp3) is 0.308. The quantitative estimate of drug-likeness (QED) is 0.625. The van der Waals surface area contributed by atoms with E-state index in [2.05, 4.69) is 9.73 Å². The number of aliphatic imine (C=N–C) groups is 1. The Morgan fingerprint density at radius 1 is 1.28 bits per heavy atom. The second-order valence-corrected chi connectivity index (χ2v) is 4.22. The first kappa shape index (κ1) is 14.4. The SMILES string of the molecule is COC(=O)C(=NC(C)=O)C(C)c1ccc(Cl)cc1. The van der Waals surface area contributed by atoms with Crippen molar-refractivity contribution in [2.24, 2.45) is 4.99 Å². The maximum absolute atomic E-state index is 11.6. The zero-order chi connectivity index (χ0) is 13.7. The minimum absolute atomic E-state index is 0.0901. The number of halogens is 1. The first-order valence-corrected chi connectivity index (χ1v) is 5.76. The molecule has 0 aliphatic rings. The van der Waals surface area contributed by atoms with Crippen molar-refractivity contribution in [1.29, 1.82) is 0 Å². The Kier molecular flexibility index (Phi) is 5.04. The lowest BCUT2D eigenvalue weighted by molar-refractivity contribution is -0.133. The van der Waals surface area contributed by atoms with Crippen molar-refractivity contribution in [3.63, 3.8) is 0 Å². The summed E-state index contributed by atoms with van der Waals surface area (Å²) >= 11 is 5.79. The summed E-state index contributed by atoms with van der Waals surface area (Å²) in [6.07, 6.45) is 0. The third-order valence-corrected chi connectivity index (χ3v) is 2.70. The van der Waals surface area contributed by atoms with E-state index in [1.807, 2.05) is 0 Å². The number of esters is 1. The monoisotopic (exact) mass is 267 g/mol. The van der Waals surface area contributed by atoms with Crippen LogP contribution in [0.5, 0.6) is 0 Å². The molecule has 0 aliphatic carbocycles. The summed E-state index contributed by atoms with van der Waals surface area (Å²) in [4.78, 5) is 26.4. The van der Waals surface area contributed by atoms with Crippen LogP contribution in [0.15, 0.2) is 29.3 Å². The highest BCUT2D eigenvalue weighted by Gasteiger charge is 2.22. The number of hydrogen-bond donors (Lipinski definition) is 0. The molecule has 1 unspecified atom stereocenters. The molecule has 1 aromatic rings. The summed E-state index contributed by atoms with van der Waals surface area (Å²) in [5, 5.41) is 0.606. The van der Waals surface area contributed by atoms with E-state index in [-0.39, 0.29) is 11.6 Å². The molecule has 96 valence electrons. The molecule has 0 radical (unpaired) electrons. The average Bonchev–Trinajstić information content (AvgIpc) is 2.35. The summed E-state index contributed by atoms with van der Waals surface area (Å²) in [6.45, 7) is 3.07. The maximum atomic E-state index is 11.6. The second kappa shape index (κ2) is 6.31. The molecule has 0 aliphatic heterocycles. The molecule has 1 amide bonds. The lowest BCUT2D eigenvalue weighted by Gasteiger charge is -2.13. The van der Waals surface area contributed by atoms with Gasteiger partial charge in [-0.25, -0.2) is 9.79 Å². The third kappa shape index (κ3) is 3.67. The molecule has 0 aromatic heterocycles. The van der Waals surface area contributed by atoms with E-state index in [9.17, 15) is 9.59 Å². The van der Waals surface area contributed by atoms with Crippen LogP contribution in [0.4, 0.5) is 0 Å². The van der Waals surface area contributed by atoms with Gasteiger partial charge in [0.15, 0.2) is 0 Å². The summed E-state index contributed by atoms with van der Waals surface area (Å²) < 4.78 is 4.63. The largest absolute Gasteiger partial charge is 0.465 e. The van der Waals surface area contributed by atoms with Gasteiger partial charge in [0, 0.05) is 17.9 Å². The van der Waals surface area contributed by atoms with Gasteiger partial charge < -0.3 is 4.74 Å². The molecule has 0 spiro atoms. The summed E-state index contributed by atoms with van der Waals surface area (Å²) in [5.74, 6) is -1.37. The Balaban J connectivity index is 3.10. The number of benzene rings is 1. The molecule has 4 nitrogen and oxygen atoms in total. The van der Waals surface area contributed by atoms with Gasteiger partial charge in [0.1, 0.15) is 5.71 Å². The number of rotatable bonds is 3. The first-order valence-electron chi connectivity index (χ1n) is 5.38. The van der Waals surface area contributed by atoms with E-state index in [0.29, 0.717) is 5.02 Å². The topological polar surface area (TPSA) is 55.7 Å². The smallest absolute Gasteiger partial charge is 0.353 e. The summed E-state index contributed by atoms with van der Waals surface area (Å²) in [5.41, 5.74) is 0.928. The molecule has 1 aromatic carbocycles. The minimum atomic E-state index is -0.604. The van der Waals surface area contributed by atoms with E-state index in [4.69, 9.17) is 11.6 Å². The molecule has 0 bridgehead atoms. The van der Waals surface area contributed by atoms with Gasteiger partial charge in [-0.15, -0.1) is 0 Å². The maximum Gasteiger partial charge on any atom is 0.353 e. The molecule has 0 fully saturated rings. The van der Waals surface area contributed by atoms with Crippen LogP contribution in [0.1, 0.15) is 25.3 Å². The van der Waals surface area contributed by atoms with E-state index < -0.39 is 11.9 Å². The molecule has 5 heteroatoms. The average molecular weight is 268 g/mol. The predicted octanol–water partition coefficient (Wildman–Crippen LogP) is 2.60. The number of carbonyl (C=O) groups is 2. The zero-order valence-electron chi connectivity index (χ0n) is 10.4. The fourth-order valence-corrected chi connectivity index (χ4v) is 1.63. The van der Waals surface area contributed by atoms with Crippen molar-refractivity contribution in [3.05, 3.63) is 34.9 Å². The van der Waals surface area contributed by atoms with Crippen LogP contribution in [-0.2, 0) is 14.3 Å². The van der Waals surface area contributed by atoms with Gasteiger partial charge in [-0.1, -0.05) is 30.7 Å². The molecule has 1 rings (SSSR count). The number of methoxy groups -OCH3 is 1. The van der Waals surface area contributed by atoms with Gasteiger partial charge in [-0.05, 0) is 17.7 Å². The highest BCUT2D eigenvalue weighted by atomic mass is 35.5. The highest BCUT2D eigenvalue weighted by Crippen LogP contribution is 2.20. The van der Waals surface area contributed by atoms with Gasteiger partial charge in [-0.3, -0.25) is 4.79 Å². The Labute approximate surface area is 111 Å². The Bertz CT molecular complexity index is 480. The number of amides is 1. The summed E-state index contributed by atoms with van der Waals surface area (Å²) in [6, 6.07) is 7.00. The van der Waals surface area contributed by atoms with Gasteiger partial charge in [0.05, 0.1) is 7.11 Å². The standard InChI is InChI=1S/C13H14ClNO3/c1-8(10-4-6-11(14)7-5-10)12(13(17)18-3)15-9(2)16/h4-8H,1-3H3. The van der Waals surface area contributed by atoms with E-state index in [0.717, 1.165) is 5.56 Å². The van der Waals surface area contributed by atoms with Crippen LogP contribution in [-0.4, -0.2) is 24.7 Å². The van der Waals surface area contributed by atoms with Crippen molar-refractivity contribution in [2.45, 2.75) is 19.8 Å². The van der Waals surface area contributed by atoms with Crippen LogP contribution < -0.4 is 0 Å². The minimum Gasteiger partial charge on any atom is -0.465 e. The van der Waals surface area contributed by atoms with E-state index in [1.54, 1.807) is 31.2 Å². The molecular formula is C13H14ClNO3. The lowest BCUT2D eigenvalue weighted by atomic mass is 9.96. The molecule has 0 saturated heterocycles. The highest BCUT2D eigenvalue weighted by molar-refractivity contribution is 6.40. The molecule has 1 atom stereocenters. The van der Waals surface area contributed by atoms with Crippen molar-refractivity contribution in [1.82, 2.24) is 0 Å². The van der Waals surface area contributed by atoms with Crippen LogP contribution in [0.3, 0.4) is 0 Å². The van der Waals surface area contributed by atoms with Crippen molar-refractivity contribution in [2.75, 3.05) is 7.11 Å². The molecule has 0 N–H and O–H groups in total. The predicted molar refractivity (Wildman–Crippen MR) is 70.0 cm³/mol. The molecule has 0 heterocycles. The van der Waals surface area contributed by atoms with Gasteiger partial charge >= 0.3 is 5.97 Å². The normalized spacial score (nSPS) is 13.0. The van der Waals surface area contributed by atoms with Crippen LogP contribution >= 0.6 is 11.6 Å². The Hall–Kier alpha value is -1.68. The van der Waals surface area contributed by atoms with E-state index in [1.165, 1.54) is 14.0 Å². The first-order chi connectivity index (χ1) is 8.45. The Morgan fingerprint density at radius 2 is 1.83 bits per heavy atom. The number of ether oxygens (including phenoxy) is 1. The molecule has 18 heavy (non-hydrogen) atoms. The van der Waals surface area contributed by atoms with Crippen LogP contribution in [0, 0.1) is 0 Å². The van der Waals surface area contributed by atoms with Crippen molar-refractivity contribution >= 4 is 29.2 Å². The van der Waals surface area contributed by atoms with Crippen molar-refractivity contribution < 1.29 is 14.3 Å². The van der Waals surface area contributed by atoms with E-state index >= 15 is 0 Å². The fourth-order valence-electron chi connectivity index (χ4n) is 1.50. The van der Waals surface area contributed by atoms with Gasteiger partial charge in [-0.2, -0.15) is 0 Å². The number of nitrogens with zero attached hydrogens (tertiary/aromatic N) is 1. The zero-order valence-corrected chi connectivity index (χ0v) is 11.2. The molecule has 0 saturated carbocycles. The van der Waals surface area contributed by atoms with Crippen LogP contribution in [0.2, 0.25) is 5.02 Å². The summed E-state index contributed by atoms with van der Waals surface area (Å²) in [7, 11) is 1.26. The lowest BCUT2D eigenvalue weighted by Crippen LogP contribution is -2.23. The number of carbonyl (C=O) groups excluding carboxylic acids is 2. The van der Waals surface area contributed by atoms with Gasteiger partial charge in [0.2, 0.25) is 5.91 Å². The number of hydrogen-bond acceptors (Lipinski definition) is 3. The Morgan fingerprint density at radius 3 is 2.28 bits per heavy atom. The van der Waals surface area contributed by atoms with Crippen molar-refractivity contribution in [3.8, 4) is 0 Å². The van der Waals surface area contributed by atoms with Gasteiger partial charge in [0.25, 0.3) is 0 Å². The second-order valence-electron chi connectivity index (χ2n) is 3.78. The van der Waals surface area contributed by atoms with Crippen LogP contribution in [0.25, 0.3) is 0 Å².